The smallest absolute Gasteiger partial charge is 0.00966 e. The number of hydrogen-bond donors (Lipinski definition) is 1. The van der Waals surface area contributed by atoms with E-state index in [0.29, 0.717) is 0 Å². The molecule has 1 unspecified atom stereocenters. The molecule has 1 saturated heterocycles. The van der Waals surface area contributed by atoms with Gasteiger partial charge in [-0.15, -0.1) is 0 Å². The summed E-state index contributed by atoms with van der Waals surface area (Å²) in [5.41, 5.74) is 0.269. The van der Waals surface area contributed by atoms with Crippen molar-refractivity contribution in [3.8, 4) is 0 Å². The fourth-order valence-corrected chi connectivity index (χ4v) is 3.20. The zero-order valence-corrected chi connectivity index (χ0v) is 15.2. The van der Waals surface area contributed by atoms with Gasteiger partial charge >= 0.3 is 0 Å². The van der Waals surface area contributed by atoms with Crippen LogP contribution in [-0.4, -0.2) is 36.6 Å². The molecule has 1 aliphatic heterocycles. The fourth-order valence-electron chi connectivity index (χ4n) is 3.20. The zero-order chi connectivity index (χ0) is 15.6. The summed E-state index contributed by atoms with van der Waals surface area (Å²) in [5.74, 6) is 0.873. The average molecular weight is 297 g/mol. The molecule has 2 heteroatoms. The number of unbranched alkanes of at least 4 members (excludes halogenated alkanes) is 7. The van der Waals surface area contributed by atoms with Crippen LogP contribution in [0.5, 0.6) is 0 Å². The van der Waals surface area contributed by atoms with Gasteiger partial charge in [-0.3, -0.25) is 0 Å². The maximum Gasteiger partial charge on any atom is 0.00966 e. The Morgan fingerprint density at radius 1 is 0.952 bits per heavy atom. The lowest BCUT2D eigenvalue weighted by molar-refractivity contribution is 0.304. The third-order valence-electron chi connectivity index (χ3n) is 4.62. The molecule has 1 aliphatic rings. The number of likely N-dealkylation sites (tertiary alicyclic amines) is 1. The largest absolute Gasteiger partial charge is 0.312 e. The third-order valence-corrected chi connectivity index (χ3v) is 4.62. The predicted octanol–water partition coefficient (Wildman–Crippen LogP) is 4.84. The molecule has 0 spiro atoms. The van der Waals surface area contributed by atoms with Gasteiger partial charge in [-0.25, -0.2) is 0 Å². The van der Waals surface area contributed by atoms with Gasteiger partial charge in [-0.05, 0) is 59.2 Å². The Labute approximate surface area is 134 Å². The molecule has 0 radical (unpaired) electrons. The first-order valence-corrected chi connectivity index (χ1v) is 9.48. The van der Waals surface area contributed by atoms with Gasteiger partial charge in [0.2, 0.25) is 0 Å². The van der Waals surface area contributed by atoms with Gasteiger partial charge in [-0.1, -0.05) is 51.9 Å². The van der Waals surface area contributed by atoms with Gasteiger partial charge in [0.1, 0.15) is 0 Å². The lowest BCUT2D eigenvalue weighted by Gasteiger charge is -2.23. The van der Waals surface area contributed by atoms with Crippen LogP contribution in [0.15, 0.2) is 0 Å². The predicted molar refractivity (Wildman–Crippen MR) is 94.9 cm³/mol. The van der Waals surface area contributed by atoms with E-state index in [1.165, 1.54) is 84.0 Å². The summed E-state index contributed by atoms with van der Waals surface area (Å²) in [6.45, 7) is 14.3. The first kappa shape index (κ1) is 19.0. The second kappa shape index (κ2) is 10.6. The first-order chi connectivity index (χ1) is 10.0. The first-order valence-electron chi connectivity index (χ1n) is 9.48. The molecule has 0 bridgehead atoms. The van der Waals surface area contributed by atoms with Crippen LogP contribution >= 0.6 is 0 Å². The molecular formula is C19H40N2. The summed E-state index contributed by atoms with van der Waals surface area (Å²) in [5, 5.41) is 3.66. The molecule has 0 aromatic rings. The second-order valence-electron chi connectivity index (χ2n) is 8.06. The van der Waals surface area contributed by atoms with Crippen LogP contribution < -0.4 is 5.32 Å². The minimum Gasteiger partial charge on any atom is -0.312 e. The van der Waals surface area contributed by atoms with Crippen molar-refractivity contribution in [3.05, 3.63) is 0 Å². The van der Waals surface area contributed by atoms with Crippen molar-refractivity contribution in [3.63, 3.8) is 0 Å². The molecule has 2 nitrogen and oxygen atoms in total. The summed E-state index contributed by atoms with van der Waals surface area (Å²) in [6.07, 6.45) is 12.8. The normalized spacial score (nSPS) is 20.3. The number of hydrogen-bond acceptors (Lipinski definition) is 2. The van der Waals surface area contributed by atoms with E-state index in [0.717, 1.165) is 5.92 Å². The molecule has 21 heavy (non-hydrogen) atoms. The Bertz CT molecular complexity index is 244. The SMILES string of the molecule is CCCCCCCCCCN1CCC(CNC(C)(C)C)C1. The lowest BCUT2D eigenvalue weighted by Crippen LogP contribution is -2.39. The van der Waals surface area contributed by atoms with Crippen LogP contribution in [0.25, 0.3) is 0 Å². The van der Waals surface area contributed by atoms with E-state index >= 15 is 0 Å². The van der Waals surface area contributed by atoms with E-state index in [-0.39, 0.29) is 5.54 Å². The topological polar surface area (TPSA) is 15.3 Å². The van der Waals surface area contributed by atoms with Crippen molar-refractivity contribution in [1.82, 2.24) is 10.2 Å². The molecule has 0 aliphatic carbocycles. The molecular weight excluding hydrogens is 256 g/mol. The van der Waals surface area contributed by atoms with Gasteiger partial charge in [0, 0.05) is 12.1 Å². The van der Waals surface area contributed by atoms with Crippen LogP contribution in [-0.2, 0) is 0 Å². The van der Waals surface area contributed by atoms with Crippen molar-refractivity contribution in [2.75, 3.05) is 26.2 Å². The van der Waals surface area contributed by atoms with Crippen molar-refractivity contribution in [1.29, 1.82) is 0 Å². The van der Waals surface area contributed by atoms with Crippen LogP contribution in [0.4, 0.5) is 0 Å². The van der Waals surface area contributed by atoms with E-state index in [4.69, 9.17) is 0 Å². The molecule has 0 amide bonds. The highest BCUT2D eigenvalue weighted by atomic mass is 15.1. The van der Waals surface area contributed by atoms with Crippen molar-refractivity contribution >= 4 is 0 Å². The van der Waals surface area contributed by atoms with Crippen LogP contribution in [0.3, 0.4) is 0 Å². The van der Waals surface area contributed by atoms with Gasteiger partial charge < -0.3 is 10.2 Å². The number of nitrogens with one attached hydrogen (secondary N) is 1. The van der Waals surface area contributed by atoms with E-state index in [2.05, 4.69) is 37.9 Å². The molecule has 126 valence electrons. The van der Waals surface area contributed by atoms with E-state index in [1.807, 2.05) is 0 Å². The highest BCUT2D eigenvalue weighted by molar-refractivity contribution is 4.80. The van der Waals surface area contributed by atoms with Gasteiger partial charge in [0.25, 0.3) is 0 Å². The molecule has 1 N–H and O–H groups in total. The summed E-state index contributed by atoms with van der Waals surface area (Å²) >= 11 is 0. The van der Waals surface area contributed by atoms with Crippen LogP contribution in [0.2, 0.25) is 0 Å². The second-order valence-corrected chi connectivity index (χ2v) is 8.06. The van der Waals surface area contributed by atoms with Gasteiger partial charge in [0.15, 0.2) is 0 Å². The lowest BCUT2D eigenvalue weighted by atomic mass is 10.1. The molecule has 1 heterocycles. The zero-order valence-electron chi connectivity index (χ0n) is 15.2. The molecule has 0 saturated carbocycles. The molecule has 1 fully saturated rings. The van der Waals surface area contributed by atoms with Crippen molar-refractivity contribution < 1.29 is 0 Å². The Kier molecular flexibility index (Phi) is 9.59. The maximum atomic E-state index is 3.66. The maximum absolute atomic E-state index is 3.66. The van der Waals surface area contributed by atoms with Crippen LogP contribution in [0.1, 0.15) is 85.5 Å². The quantitative estimate of drug-likeness (QED) is 0.549. The molecule has 0 aromatic heterocycles. The van der Waals surface area contributed by atoms with Crippen molar-refractivity contribution in [2.45, 2.75) is 91.0 Å². The summed E-state index contributed by atoms with van der Waals surface area (Å²) in [4.78, 5) is 2.69. The highest BCUT2D eigenvalue weighted by Gasteiger charge is 2.23. The van der Waals surface area contributed by atoms with Gasteiger partial charge in [-0.2, -0.15) is 0 Å². The molecule has 1 atom stereocenters. The molecule has 1 rings (SSSR count). The monoisotopic (exact) mass is 296 g/mol. The third kappa shape index (κ3) is 10.3. The number of nitrogens with zero attached hydrogens (tertiary/aromatic N) is 1. The fraction of sp³-hybridized carbons (Fsp3) is 1.00. The van der Waals surface area contributed by atoms with E-state index in [9.17, 15) is 0 Å². The van der Waals surface area contributed by atoms with Crippen LogP contribution in [0, 0.1) is 5.92 Å². The summed E-state index contributed by atoms with van der Waals surface area (Å²) in [7, 11) is 0. The Morgan fingerprint density at radius 3 is 2.19 bits per heavy atom. The van der Waals surface area contributed by atoms with Gasteiger partial charge in [0.05, 0.1) is 0 Å². The highest BCUT2D eigenvalue weighted by Crippen LogP contribution is 2.17. The Balaban J connectivity index is 1.93. The Hall–Kier alpha value is -0.0800. The average Bonchev–Trinajstić information content (AvgIpc) is 2.87. The number of rotatable bonds is 11. The molecule has 0 aromatic carbocycles. The minimum atomic E-state index is 0.269. The van der Waals surface area contributed by atoms with E-state index in [1.54, 1.807) is 0 Å². The summed E-state index contributed by atoms with van der Waals surface area (Å²) in [6, 6.07) is 0. The summed E-state index contributed by atoms with van der Waals surface area (Å²) < 4.78 is 0. The van der Waals surface area contributed by atoms with Crippen molar-refractivity contribution in [2.24, 2.45) is 5.92 Å². The Morgan fingerprint density at radius 2 is 1.57 bits per heavy atom. The minimum absolute atomic E-state index is 0.269. The standard InChI is InChI=1S/C19H40N2/c1-5-6-7-8-9-10-11-12-14-21-15-13-18(17-21)16-20-19(2,3)4/h18,20H,5-17H2,1-4H3. The van der Waals surface area contributed by atoms with E-state index < -0.39 is 0 Å².